The lowest BCUT2D eigenvalue weighted by molar-refractivity contribution is 0.0955. The van der Waals surface area contributed by atoms with Crippen LogP contribution in [-0.2, 0) is 5.75 Å². The molecule has 0 aromatic heterocycles. The summed E-state index contributed by atoms with van der Waals surface area (Å²) < 4.78 is 1.16. The number of nitrogens with zero attached hydrogens (tertiary/aromatic N) is 1. The van der Waals surface area contributed by atoms with E-state index in [9.17, 15) is 4.79 Å². The van der Waals surface area contributed by atoms with Crippen molar-refractivity contribution in [2.45, 2.75) is 17.6 Å². The molecule has 3 rings (SSSR count). The smallest absolute Gasteiger partial charge is 0.267 e. The van der Waals surface area contributed by atoms with Crippen LogP contribution in [0, 0.1) is 3.57 Å². The first-order valence-corrected chi connectivity index (χ1v) is 11.0. The summed E-state index contributed by atoms with van der Waals surface area (Å²) >= 11 is 9.89. The third-order valence-electron chi connectivity index (χ3n) is 4.02. The van der Waals surface area contributed by atoms with Crippen molar-refractivity contribution in [1.29, 1.82) is 0 Å². The van der Waals surface area contributed by atoms with E-state index in [0.717, 1.165) is 36.1 Å². The van der Waals surface area contributed by atoms with Gasteiger partial charge in [-0.15, -0.1) is 11.8 Å². The zero-order valence-electron chi connectivity index (χ0n) is 15.2. The molecular weight excluding hydrogens is 503 g/mol. The van der Waals surface area contributed by atoms with Gasteiger partial charge in [-0.05, 0) is 89.2 Å². The average Bonchev–Trinajstić information content (AvgIpc) is 2.72. The highest BCUT2D eigenvalue weighted by Gasteiger charge is 2.06. The van der Waals surface area contributed by atoms with E-state index in [1.165, 1.54) is 0 Å². The van der Waals surface area contributed by atoms with Gasteiger partial charge in [0.1, 0.15) is 0 Å². The fraction of sp³-hybridized carbons (Fsp3) is 0.0909. The third kappa shape index (κ3) is 6.09. The molecule has 1 amide bonds. The van der Waals surface area contributed by atoms with Crippen LogP contribution in [-0.4, -0.2) is 11.6 Å². The van der Waals surface area contributed by atoms with Gasteiger partial charge in [-0.1, -0.05) is 35.9 Å². The molecule has 0 unspecified atom stereocenters. The van der Waals surface area contributed by atoms with Gasteiger partial charge >= 0.3 is 0 Å². The largest absolute Gasteiger partial charge is 0.271 e. The van der Waals surface area contributed by atoms with Crippen LogP contribution in [0.15, 0.2) is 82.8 Å². The predicted molar refractivity (Wildman–Crippen MR) is 126 cm³/mol. The Balaban J connectivity index is 1.56. The predicted octanol–water partition coefficient (Wildman–Crippen LogP) is 6.39. The minimum atomic E-state index is -0.221. The zero-order chi connectivity index (χ0) is 19.9. The average molecular weight is 521 g/mol. The molecule has 1 N–H and O–H groups in total. The molecule has 0 aliphatic carbocycles. The van der Waals surface area contributed by atoms with Crippen molar-refractivity contribution in [1.82, 2.24) is 5.43 Å². The second-order valence-corrected chi connectivity index (χ2v) is 8.82. The lowest BCUT2D eigenvalue weighted by atomic mass is 10.1. The number of hydrogen-bond acceptors (Lipinski definition) is 3. The second-order valence-electron chi connectivity index (χ2n) is 6.08. The molecule has 0 aliphatic rings. The quantitative estimate of drug-likeness (QED) is 0.177. The van der Waals surface area contributed by atoms with Crippen molar-refractivity contribution in [2.75, 3.05) is 0 Å². The summed E-state index contributed by atoms with van der Waals surface area (Å²) in [6.45, 7) is 1.87. The summed E-state index contributed by atoms with van der Waals surface area (Å²) in [4.78, 5) is 13.5. The van der Waals surface area contributed by atoms with Gasteiger partial charge in [0.25, 0.3) is 5.91 Å². The van der Waals surface area contributed by atoms with E-state index in [0.29, 0.717) is 5.56 Å². The third-order valence-corrected chi connectivity index (χ3v) is 6.08. The first-order chi connectivity index (χ1) is 13.5. The summed E-state index contributed by atoms with van der Waals surface area (Å²) in [5.41, 5.74) is 6.10. The zero-order valence-corrected chi connectivity index (χ0v) is 18.9. The summed E-state index contributed by atoms with van der Waals surface area (Å²) in [6.07, 6.45) is 0. The summed E-state index contributed by atoms with van der Waals surface area (Å²) in [6, 6.07) is 23.3. The normalized spacial score (nSPS) is 11.3. The SMILES string of the molecule is C/C(=N/NC(=O)c1ccc(CSc2ccc(Cl)cc2)cc1)c1ccc(I)cc1. The number of thioether (sulfide) groups is 1. The van der Waals surface area contributed by atoms with Crippen LogP contribution in [0.4, 0.5) is 0 Å². The molecule has 142 valence electrons. The number of carbonyl (C=O) groups excluding carboxylic acids is 1. The fourth-order valence-corrected chi connectivity index (χ4v) is 3.74. The van der Waals surface area contributed by atoms with Crippen LogP contribution in [0.1, 0.15) is 28.4 Å². The first-order valence-electron chi connectivity index (χ1n) is 8.59. The highest BCUT2D eigenvalue weighted by Crippen LogP contribution is 2.24. The van der Waals surface area contributed by atoms with E-state index < -0.39 is 0 Å². The van der Waals surface area contributed by atoms with E-state index in [-0.39, 0.29) is 5.91 Å². The van der Waals surface area contributed by atoms with Crippen molar-refractivity contribution in [2.24, 2.45) is 5.10 Å². The molecule has 3 aromatic rings. The Morgan fingerprint density at radius 1 is 0.964 bits per heavy atom. The summed E-state index contributed by atoms with van der Waals surface area (Å²) in [7, 11) is 0. The molecule has 6 heteroatoms. The molecule has 0 radical (unpaired) electrons. The van der Waals surface area contributed by atoms with Gasteiger partial charge < -0.3 is 0 Å². The van der Waals surface area contributed by atoms with Gasteiger partial charge in [0, 0.05) is 24.8 Å². The Kier molecular flexibility index (Phi) is 7.53. The first kappa shape index (κ1) is 20.9. The Bertz CT molecular complexity index is 971. The topological polar surface area (TPSA) is 41.5 Å². The van der Waals surface area contributed by atoms with Gasteiger partial charge in [-0.3, -0.25) is 4.79 Å². The molecule has 0 fully saturated rings. The standard InChI is InChI=1S/C22H18ClIN2OS/c1-15(17-6-10-20(24)11-7-17)25-26-22(27)18-4-2-16(3-5-18)14-28-21-12-8-19(23)9-13-21/h2-13H,14H2,1H3,(H,26,27)/b25-15-. The molecule has 0 bridgehead atoms. The number of nitrogens with one attached hydrogen (secondary N) is 1. The molecule has 28 heavy (non-hydrogen) atoms. The Hall–Kier alpha value is -1.83. The van der Waals surface area contributed by atoms with Crippen LogP contribution >= 0.6 is 46.0 Å². The minimum absolute atomic E-state index is 0.221. The van der Waals surface area contributed by atoms with Crippen molar-refractivity contribution >= 4 is 57.6 Å². The maximum atomic E-state index is 12.3. The van der Waals surface area contributed by atoms with Gasteiger partial charge in [-0.25, -0.2) is 5.43 Å². The van der Waals surface area contributed by atoms with E-state index in [1.54, 1.807) is 11.8 Å². The Morgan fingerprint density at radius 2 is 1.57 bits per heavy atom. The number of benzene rings is 3. The van der Waals surface area contributed by atoms with E-state index >= 15 is 0 Å². The second kappa shape index (κ2) is 10.1. The molecule has 3 aromatic carbocycles. The lowest BCUT2D eigenvalue weighted by Crippen LogP contribution is -2.19. The Labute approximate surface area is 187 Å². The highest BCUT2D eigenvalue weighted by atomic mass is 127. The van der Waals surface area contributed by atoms with Gasteiger partial charge in [0.2, 0.25) is 0 Å². The molecule has 0 atom stereocenters. The molecule has 3 nitrogen and oxygen atoms in total. The molecule has 0 saturated heterocycles. The van der Waals surface area contributed by atoms with E-state index in [4.69, 9.17) is 11.6 Å². The maximum absolute atomic E-state index is 12.3. The van der Waals surface area contributed by atoms with Crippen molar-refractivity contribution < 1.29 is 4.79 Å². The van der Waals surface area contributed by atoms with Crippen LogP contribution in [0.5, 0.6) is 0 Å². The van der Waals surface area contributed by atoms with Crippen LogP contribution in [0.3, 0.4) is 0 Å². The summed E-state index contributed by atoms with van der Waals surface area (Å²) in [5.74, 6) is 0.606. The fourth-order valence-electron chi connectivity index (χ4n) is 2.40. The monoisotopic (exact) mass is 520 g/mol. The minimum Gasteiger partial charge on any atom is -0.267 e. The number of rotatable bonds is 6. The van der Waals surface area contributed by atoms with Crippen LogP contribution in [0.25, 0.3) is 0 Å². The summed E-state index contributed by atoms with van der Waals surface area (Å²) in [5, 5.41) is 4.94. The molecule has 0 spiro atoms. The maximum Gasteiger partial charge on any atom is 0.271 e. The van der Waals surface area contributed by atoms with Gasteiger partial charge in [0.15, 0.2) is 0 Å². The number of hydrazone groups is 1. The van der Waals surface area contributed by atoms with Crippen molar-refractivity contribution in [3.05, 3.63) is 98.1 Å². The number of carbonyl (C=O) groups is 1. The van der Waals surface area contributed by atoms with E-state index in [2.05, 4.69) is 33.1 Å². The van der Waals surface area contributed by atoms with Crippen LogP contribution < -0.4 is 5.43 Å². The molecular formula is C22H18ClIN2OS. The van der Waals surface area contributed by atoms with E-state index in [1.807, 2.05) is 79.7 Å². The molecule has 0 heterocycles. The number of hydrogen-bond donors (Lipinski definition) is 1. The number of amides is 1. The lowest BCUT2D eigenvalue weighted by Gasteiger charge is -2.05. The van der Waals surface area contributed by atoms with Gasteiger partial charge in [-0.2, -0.15) is 5.10 Å². The Morgan fingerprint density at radius 3 is 2.21 bits per heavy atom. The molecule has 0 saturated carbocycles. The highest BCUT2D eigenvalue weighted by molar-refractivity contribution is 14.1. The molecule has 0 aliphatic heterocycles. The van der Waals surface area contributed by atoms with Crippen molar-refractivity contribution in [3.8, 4) is 0 Å². The number of halogens is 2. The van der Waals surface area contributed by atoms with Crippen molar-refractivity contribution in [3.63, 3.8) is 0 Å². The van der Waals surface area contributed by atoms with Gasteiger partial charge in [0.05, 0.1) is 5.71 Å². The van der Waals surface area contributed by atoms with Crippen LogP contribution in [0.2, 0.25) is 5.02 Å².